The first kappa shape index (κ1) is 25.0. The molecule has 0 aliphatic heterocycles. The number of allylic oxidation sites excluding steroid dienone is 1. The summed E-state index contributed by atoms with van der Waals surface area (Å²) in [7, 11) is 0. The molecule has 1 unspecified atom stereocenters. The number of halogens is 1. The van der Waals surface area contributed by atoms with E-state index in [2.05, 4.69) is 57.1 Å². The standard InChI is InChI=1S/C30H49BrO/c1-19(2)8-7-9-20(3)24-12-13-25-22-10-11-26-23(18-21(4)31)28(32)15-17-30(26,6)27(22)14-16-29(24,25)5/h19-20,22-27H,4,7-18H2,1-3,5-6H3/t20-,22+,23+,24-,25+,26?,27+,29-,30+/m1/s1. The summed E-state index contributed by atoms with van der Waals surface area (Å²) in [4.78, 5) is 12.9. The predicted molar refractivity (Wildman–Crippen MR) is 140 cm³/mol. The second-order valence-electron chi connectivity index (χ2n) is 13.4. The van der Waals surface area contributed by atoms with Gasteiger partial charge in [-0.05, 0) is 108 Å². The van der Waals surface area contributed by atoms with E-state index in [-0.39, 0.29) is 5.92 Å². The van der Waals surface area contributed by atoms with Crippen molar-refractivity contribution in [2.75, 3.05) is 0 Å². The van der Waals surface area contributed by atoms with Gasteiger partial charge in [-0.3, -0.25) is 4.79 Å². The molecule has 4 aliphatic rings. The molecular formula is C30H49BrO. The van der Waals surface area contributed by atoms with Gasteiger partial charge in [0.2, 0.25) is 0 Å². The van der Waals surface area contributed by atoms with Gasteiger partial charge in [-0.25, -0.2) is 0 Å². The van der Waals surface area contributed by atoms with Crippen molar-refractivity contribution in [3.05, 3.63) is 11.1 Å². The van der Waals surface area contributed by atoms with Gasteiger partial charge < -0.3 is 0 Å². The fourth-order valence-electron chi connectivity index (χ4n) is 9.84. The van der Waals surface area contributed by atoms with Crippen LogP contribution in [-0.4, -0.2) is 5.78 Å². The second kappa shape index (κ2) is 9.50. The third kappa shape index (κ3) is 4.33. The third-order valence-corrected chi connectivity index (χ3v) is 11.7. The zero-order valence-electron chi connectivity index (χ0n) is 21.6. The molecule has 0 amide bonds. The lowest BCUT2D eigenvalue weighted by Crippen LogP contribution is -2.56. The van der Waals surface area contributed by atoms with Crippen molar-refractivity contribution >= 4 is 21.7 Å². The van der Waals surface area contributed by atoms with E-state index >= 15 is 0 Å². The molecule has 0 heterocycles. The Morgan fingerprint density at radius 2 is 1.66 bits per heavy atom. The maximum atomic E-state index is 12.9. The summed E-state index contributed by atoms with van der Waals surface area (Å²) < 4.78 is 1.02. The highest BCUT2D eigenvalue weighted by atomic mass is 79.9. The van der Waals surface area contributed by atoms with E-state index in [0.29, 0.717) is 22.5 Å². The summed E-state index contributed by atoms with van der Waals surface area (Å²) in [5, 5.41) is 0. The Labute approximate surface area is 207 Å². The molecule has 0 radical (unpaired) electrons. The van der Waals surface area contributed by atoms with E-state index in [4.69, 9.17) is 0 Å². The lowest BCUT2D eigenvalue weighted by Gasteiger charge is -2.62. The van der Waals surface area contributed by atoms with E-state index in [1.54, 1.807) is 0 Å². The Balaban J connectivity index is 1.50. The molecule has 9 atom stereocenters. The van der Waals surface area contributed by atoms with E-state index in [0.717, 1.165) is 59.3 Å². The van der Waals surface area contributed by atoms with Gasteiger partial charge in [-0.15, -0.1) is 0 Å². The predicted octanol–water partition coefficient (Wildman–Crippen LogP) is 9.20. The molecule has 182 valence electrons. The minimum Gasteiger partial charge on any atom is -0.299 e. The van der Waals surface area contributed by atoms with Crippen molar-refractivity contribution in [1.82, 2.24) is 0 Å². The fourth-order valence-corrected chi connectivity index (χ4v) is 10.2. The molecule has 0 aromatic carbocycles. The van der Waals surface area contributed by atoms with Crippen molar-refractivity contribution < 1.29 is 4.79 Å². The van der Waals surface area contributed by atoms with Gasteiger partial charge in [0, 0.05) is 12.3 Å². The van der Waals surface area contributed by atoms with Crippen LogP contribution in [0.5, 0.6) is 0 Å². The Kier molecular flexibility index (Phi) is 7.42. The van der Waals surface area contributed by atoms with E-state index < -0.39 is 0 Å². The molecule has 0 aromatic heterocycles. The molecule has 4 rings (SSSR count). The van der Waals surface area contributed by atoms with Crippen LogP contribution in [0.2, 0.25) is 0 Å². The molecule has 0 aromatic rings. The van der Waals surface area contributed by atoms with E-state index in [9.17, 15) is 4.79 Å². The SMILES string of the molecule is C=C(Br)C[C@@H]1C(=O)CC[C@@]2(C)C1CC[C@H]1[C@@H]3CC[C@H]([C@H](C)CCCC(C)C)[C@@]3(C)CC[C@@H]12. The third-order valence-electron chi connectivity index (χ3n) is 11.4. The van der Waals surface area contributed by atoms with Crippen LogP contribution in [0.1, 0.15) is 112 Å². The normalized spacial score (nSPS) is 44.7. The van der Waals surface area contributed by atoms with Gasteiger partial charge in [-0.2, -0.15) is 0 Å². The molecule has 4 fully saturated rings. The van der Waals surface area contributed by atoms with Crippen LogP contribution >= 0.6 is 15.9 Å². The molecule has 32 heavy (non-hydrogen) atoms. The molecular weight excluding hydrogens is 456 g/mol. The van der Waals surface area contributed by atoms with Gasteiger partial charge in [0.25, 0.3) is 0 Å². The van der Waals surface area contributed by atoms with Gasteiger partial charge >= 0.3 is 0 Å². The lowest BCUT2D eigenvalue weighted by molar-refractivity contribution is -0.152. The average Bonchev–Trinajstić information content (AvgIpc) is 3.07. The quantitative estimate of drug-likeness (QED) is 0.337. The maximum absolute atomic E-state index is 12.9. The first-order valence-corrected chi connectivity index (χ1v) is 14.7. The molecule has 0 spiro atoms. The summed E-state index contributed by atoms with van der Waals surface area (Å²) in [6, 6.07) is 0. The van der Waals surface area contributed by atoms with Crippen molar-refractivity contribution in [3.8, 4) is 0 Å². The van der Waals surface area contributed by atoms with Crippen molar-refractivity contribution in [3.63, 3.8) is 0 Å². The monoisotopic (exact) mass is 504 g/mol. The van der Waals surface area contributed by atoms with Gasteiger partial charge in [0.1, 0.15) is 5.78 Å². The Hall–Kier alpha value is -0.110. The number of Topliss-reactive ketones (excluding diaryl/α,β-unsaturated/α-hetero) is 1. The fraction of sp³-hybridized carbons (Fsp3) is 0.900. The Morgan fingerprint density at radius 1 is 0.969 bits per heavy atom. The summed E-state index contributed by atoms with van der Waals surface area (Å²) in [6.07, 6.45) is 15.5. The molecule has 0 N–H and O–H groups in total. The number of carbonyl (C=O) groups is 1. The minimum absolute atomic E-state index is 0.215. The first-order valence-electron chi connectivity index (χ1n) is 13.9. The summed E-state index contributed by atoms with van der Waals surface area (Å²) in [6.45, 7) is 16.7. The van der Waals surface area contributed by atoms with Crippen LogP contribution in [-0.2, 0) is 4.79 Å². The van der Waals surface area contributed by atoms with Gasteiger partial charge in [0.15, 0.2) is 0 Å². The summed E-state index contributed by atoms with van der Waals surface area (Å²) >= 11 is 3.58. The molecule has 2 heteroatoms. The van der Waals surface area contributed by atoms with Gasteiger partial charge in [-0.1, -0.05) is 76.4 Å². The van der Waals surface area contributed by atoms with E-state index in [1.807, 2.05) is 0 Å². The number of carbonyl (C=O) groups excluding carboxylic acids is 1. The van der Waals surface area contributed by atoms with Gasteiger partial charge in [0.05, 0.1) is 0 Å². The molecule has 0 bridgehead atoms. The smallest absolute Gasteiger partial charge is 0.136 e. The second-order valence-corrected chi connectivity index (χ2v) is 14.5. The van der Waals surface area contributed by atoms with Crippen molar-refractivity contribution in [2.45, 2.75) is 112 Å². The average molecular weight is 506 g/mol. The first-order chi connectivity index (χ1) is 15.1. The highest BCUT2D eigenvalue weighted by Gasteiger charge is 2.61. The summed E-state index contributed by atoms with van der Waals surface area (Å²) in [5.41, 5.74) is 0.932. The molecule has 4 saturated carbocycles. The molecule has 1 nitrogen and oxygen atoms in total. The largest absolute Gasteiger partial charge is 0.299 e. The van der Waals surface area contributed by atoms with E-state index in [1.165, 1.54) is 57.8 Å². The van der Waals surface area contributed by atoms with Crippen molar-refractivity contribution in [2.24, 2.45) is 58.2 Å². The highest BCUT2D eigenvalue weighted by Crippen LogP contribution is 2.69. The number of rotatable bonds is 7. The highest BCUT2D eigenvalue weighted by molar-refractivity contribution is 9.11. The van der Waals surface area contributed by atoms with Crippen LogP contribution < -0.4 is 0 Å². The molecule has 0 saturated heterocycles. The number of hydrogen-bond acceptors (Lipinski definition) is 1. The molecule has 4 aliphatic carbocycles. The lowest BCUT2D eigenvalue weighted by atomic mass is 9.43. The van der Waals surface area contributed by atoms with Crippen LogP contribution in [0.3, 0.4) is 0 Å². The van der Waals surface area contributed by atoms with Crippen LogP contribution in [0.15, 0.2) is 11.1 Å². The number of fused-ring (bicyclic) bond motifs is 5. The number of ketones is 1. The zero-order chi connectivity index (χ0) is 23.3. The van der Waals surface area contributed by atoms with Crippen LogP contribution in [0.4, 0.5) is 0 Å². The minimum atomic E-state index is 0.215. The Bertz CT molecular complexity index is 712. The number of hydrogen-bond donors (Lipinski definition) is 0. The zero-order valence-corrected chi connectivity index (χ0v) is 23.2. The maximum Gasteiger partial charge on any atom is 0.136 e. The summed E-state index contributed by atoms with van der Waals surface area (Å²) in [5.74, 6) is 6.65. The topological polar surface area (TPSA) is 17.1 Å². The van der Waals surface area contributed by atoms with Crippen molar-refractivity contribution in [1.29, 1.82) is 0 Å². The van der Waals surface area contributed by atoms with Crippen LogP contribution in [0.25, 0.3) is 0 Å². The Morgan fingerprint density at radius 3 is 2.34 bits per heavy atom. The van der Waals surface area contributed by atoms with Crippen LogP contribution in [0, 0.1) is 58.2 Å².